The molecule has 0 aromatic heterocycles. The van der Waals surface area contributed by atoms with Crippen molar-refractivity contribution in [1.82, 2.24) is 9.80 Å². The summed E-state index contributed by atoms with van der Waals surface area (Å²) < 4.78 is 0. The third kappa shape index (κ3) is 4.82. The second-order valence-corrected chi connectivity index (χ2v) is 7.11. The lowest BCUT2D eigenvalue weighted by Crippen LogP contribution is -2.45. The summed E-state index contributed by atoms with van der Waals surface area (Å²) in [5.74, 6) is 0. The zero-order chi connectivity index (χ0) is 15.0. The Balaban J connectivity index is 1.35. The van der Waals surface area contributed by atoms with E-state index in [1.54, 1.807) is 0 Å². The van der Waals surface area contributed by atoms with Crippen LogP contribution in [0.2, 0.25) is 0 Å². The van der Waals surface area contributed by atoms with Crippen LogP contribution in [0.1, 0.15) is 50.5 Å². The number of aryl methyl sites for hydroxylation is 1. The minimum Gasteiger partial charge on any atom is -0.303 e. The number of hydrogen-bond acceptors (Lipinski definition) is 2. The molecule has 3 rings (SSSR count). The normalized spacial score (nSPS) is 22.5. The van der Waals surface area contributed by atoms with E-state index < -0.39 is 0 Å². The van der Waals surface area contributed by atoms with Gasteiger partial charge in [-0.05, 0) is 76.8 Å². The highest BCUT2D eigenvalue weighted by atomic mass is 15.2. The fraction of sp³-hybridized carbons (Fsp3) is 0.700. The molecule has 0 atom stereocenters. The van der Waals surface area contributed by atoms with Crippen molar-refractivity contribution in [3.63, 3.8) is 0 Å². The van der Waals surface area contributed by atoms with Crippen molar-refractivity contribution in [1.29, 1.82) is 0 Å². The van der Waals surface area contributed by atoms with Gasteiger partial charge in [0.1, 0.15) is 0 Å². The molecule has 0 radical (unpaired) electrons. The largest absolute Gasteiger partial charge is 0.303 e. The first-order chi connectivity index (χ1) is 10.9. The predicted octanol–water partition coefficient (Wildman–Crippen LogP) is 3.96. The highest BCUT2D eigenvalue weighted by Gasteiger charge is 2.24. The lowest BCUT2D eigenvalue weighted by molar-refractivity contribution is 0.110. The van der Waals surface area contributed by atoms with Gasteiger partial charge in [-0.1, -0.05) is 43.2 Å². The molecule has 2 heteroatoms. The van der Waals surface area contributed by atoms with Gasteiger partial charge in [-0.2, -0.15) is 0 Å². The quantitative estimate of drug-likeness (QED) is 0.812. The summed E-state index contributed by atoms with van der Waals surface area (Å²) in [6, 6.07) is 11.8. The lowest BCUT2D eigenvalue weighted by Gasteiger charge is -2.38. The Hall–Kier alpha value is -0.860. The Morgan fingerprint density at radius 3 is 2.18 bits per heavy atom. The topological polar surface area (TPSA) is 6.48 Å². The van der Waals surface area contributed by atoms with Crippen molar-refractivity contribution < 1.29 is 0 Å². The Bertz CT molecular complexity index is 401. The van der Waals surface area contributed by atoms with E-state index in [0.29, 0.717) is 0 Å². The van der Waals surface area contributed by atoms with Crippen LogP contribution in [-0.4, -0.2) is 48.6 Å². The molecule has 0 bridgehead atoms. The van der Waals surface area contributed by atoms with Crippen LogP contribution < -0.4 is 0 Å². The standard InChI is InChI=1S/C20H32N2/c1-2-7-16-22(15-6-1)20-12-17-21(18-13-20)14-8-11-19-9-4-3-5-10-19/h3-5,9-10,20H,1-2,6-8,11-18H2. The average Bonchev–Trinajstić information content (AvgIpc) is 2.86. The predicted molar refractivity (Wildman–Crippen MR) is 94.3 cm³/mol. The fourth-order valence-corrected chi connectivity index (χ4v) is 4.12. The summed E-state index contributed by atoms with van der Waals surface area (Å²) in [6.45, 7) is 6.63. The van der Waals surface area contributed by atoms with Gasteiger partial charge in [0.05, 0.1) is 0 Å². The van der Waals surface area contributed by atoms with Gasteiger partial charge >= 0.3 is 0 Å². The molecule has 0 saturated carbocycles. The summed E-state index contributed by atoms with van der Waals surface area (Å²) in [5.41, 5.74) is 1.49. The molecule has 0 spiro atoms. The smallest absolute Gasteiger partial charge is 0.0120 e. The number of benzene rings is 1. The van der Waals surface area contributed by atoms with E-state index in [2.05, 4.69) is 40.1 Å². The Morgan fingerprint density at radius 1 is 0.818 bits per heavy atom. The molecular formula is C20H32N2. The summed E-state index contributed by atoms with van der Waals surface area (Å²) in [7, 11) is 0. The molecule has 2 aliphatic rings. The molecule has 1 aromatic carbocycles. The molecule has 2 aliphatic heterocycles. The monoisotopic (exact) mass is 300 g/mol. The summed E-state index contributed by atoms with van der Waals surface area (Å²) in [4.78, 5) is 5.49. The molecule has 122 valence electrons. The number of piperidine rings is 1. The van der Waals surface area contributed by atoms with Crippen LogP contribution >= 0.6 is 0 Å². The van der Waals surface area contributed by atoms with Gasteiger partial charge in [0.25, 0.3) is 0 Å². The molecule has 2 nitrogen and oxygen atoms in total. The van der Waals surface area contributed by atoms with Gasteiger partial charge < -0.3 is 9.80 Å². The molecule has 2 heterocycles. The van der Waals surface area contributed by atoms with Gasteiger partial charge in [-0.15, -0.1) is 0 Å². The van der Waals surface area contributed by atoms with Gasteiger partial charge in [0, 0.05) is 6.04 Å². The highest BCUT2D eigenvalue weighted by Crippen LogP contribution is 2.20. The summed E-state index contributed by atoms with van der Waals surface area (Å²) >= 11 is 0. The lowest BCUT2D eigenvalue weighted by atomic mass is 10.0. The van der Waals surface area contributed by atoms with Gasteiger partial charge in [-0.3, -0.25) is 0 Å². The van der Waals surface area contributed by atoms with E-state index in [1.807, 2.05) is 0 Å². The van der Waals surface area contributed by atoms with E-state index in [0.717, 1.165) is 6.04 Å². The van der Waals surface area contributed by atoms with Crippen molar-refractivity contribution in [2.75, 3.05) is 32.7 Å². The van der Waals surface area contributed by atoms with Crippen molar-refractivity contribution in [3.8, 4) is 0 Å². The van der Waals surface area contributed by atoms with E-state index >= 15 is 0 Å². The number of rotatable bonds is 5. The van der Waals surface area contributed by atoms with Gasteiger partial charge in [0.15, 0.2) is 0 Å². The Labute approximate surface area is 136 Å². The minimum atomic E-state index is 0.878. The number of likely N-dealkylation sites (tertiary alicyclic amines) is 2. The van der Waals surface area contributed by atoms with Gasteiger partial charge in [-0.25, -0.2) is 0 Å². The highest BCUT2D eigenvalue weighted by molar-refractivity contribution is 5.14. The first kappa shape index (κ1) is 16.0. The van der Waals surface area contributed by atoms with E-state index in [1.165, 1.54) is 89.7 Å². The van der Waals surface area contributed by atoms with E-state index in [4.69, 9.17) is 0 Å². The molecule has 0 amide bonds. The summed E-state index contributed by atoms with van der Waals surface area (Å²) in [6.07, 6.45) is 11.1. The van der Waals surface area contributed by atoms with Crippen LogP contribution in [-0.2, 0) is 6.42 Å². The maximum absolute atomic E-state index is 2.80. The van der Waals surface area contributed by atoms with Crippen molar-refractivity contribution in [2.24, 2.45) is 0 Å². The average molecular weight is 300 g/mol. The molecule has 22 heavy (non-hydrogen) atoms. The van der Waals surface area contributed by atoms with Crippen LogP contribution in [0.25, 0.3) is 0 Å². The molecule has 0 unspecified atom stereocenters. The number of nitrogens with zero attached hydrogens (tertiary/aromatic N) is 2. The Morgan fingerprint density at radius 2 is 1.50 bits per heavy atom. The molecule has 2 saturated heterocycles. The third-order valence-electron chi connectivity index (χ3n) is 5.50. The second-order valence-electron chi connectivity index (χ2n) is 7.11. The molecule has 2 fully saturated rings. The van der Waals surface area contributed by atoms with Crippen LogP contribution in [0.5, 0.6) is 0 Å². The molecule has 1 aromatic rings. The maximum atomic E-state index is 2.80. The van der Waals surface area contributed by atoms with Crippen molar-refractivity contribution in [3.05, 3.63) is 35.9 Å². The van der Waals surface area contributed by atoms with Crippen molar-refractivity contribution >= 4 is 0 Å². The van der Waals surface area contributed by atoms with Crippen LogP contribution in [0, 0.1) is 0 Å². The number of hydrogen-bond donors (Lipinski definition) is 0. The molecule has 0 N–H and O–H groups in total. The molecule has 0 aliphatic carbocycles. The second kappa shape index (κ2) is 8.69. The SMILES string of the molecule is c1ccc(CCCN2CCC(N3CCCCCC3)CC2)cc1. The zero-order valence-corrected chi connectivity index (χ0v) is 14.1. The summed E-state index contributed by atoms with van der Waals surface area (Å²) in [5, 5.41) is 0. The fourth-order valence-electron chi connectivity index (χ4n) is 4.12. The van der Waals surface area contributed by atoms with Crippen LogP contribution in [0.4, 0.5) is 0 Å². The van der Waals surface area contributed by atoms with Crippen LogP contribution in [0.3, 0.4) is 0 Å². The van der Waals surface area contributed by atoms with E-state index in [-0.39, 0.29) is 0 Å². The first-order valence-corrected chi connectivity index (χ1v) is 9.42. The third-order valence-corrected chi connectivity index (χ3v) is 5.50. The minimum absolute atomic E-state index is 0.878. The van der Waals surface area contributed by atoms with E-state index in [9.17, 15) is 0 Å². The molecular weight excluding hydrogens is 268 g/mol. The van der Waals surface area contributed by atoms with Crippen molar-refractivity contribution in [2.45, 2.75) is 57.4 Å². The van der Waals surface area contributed by atoms with Crippen LogP contribution in [0.15, 0.2) is 30.3 Å². The Kier molecular flexibility index (Phi) is 6.32. The zero-order valence-electron chi connectivity index (χ0n) is 14.1. The first-order valence-electron chi connectivity index (χ1n) is 9.42. The van der Waals surface area contributed by atoms with Gasteiger partial charge in [0.2, 0.25) is 0 Å². The maximum Gasteiger partial charge on any atom is 0.0120 e.